The number of aromatic hydroxyl groups is 1. The van der Waals surface area contributed by atoms with Gasteiger partial charge in [-0.1, -0.05) is 0 Å². The highest BCUT2D eigenvalue weighted by Crippen LogP contribution is 2.36. The molecule has 0 saturated carbocycles. The van der Waals surface area contributed by atoms with Crippen LogP contribution in [0.15, 0.2) is 6.07 Å². The number of ether oxygens (including phenoxy) is 1. The van der Waals surface area contributed by atoms with Crippen LogP contribution in [-0.4, -0.2) is 22.7 Å². The summed E-state index contributed by atoms with van der Waals surface area (Å²) in [6, 6.07) is 0.0503. The van der Waals surface area contributed by atoms with Crippen LogP contribution in [-0.2, 0) is 22.1 Å². The summed E-state index contributed by atoms with van der Waals surface area (Å²) in [6.45, 7) is 1.42. The molecule has 1 rings (SSSR count). The fourth-order valence-corrected chi connectivity index (χ4v) is 1.40. The quantitative estimate of drug-likeness (QED) is 0.686. The molecule has 20 heavy (non-hydrogen) atoms. The van der Waals surface area contributed by atoms with Crippen LogP contribution in [0.2, 0.25) is 0 Å². The van der Waals surface area contributed by atoms with E-state index in [1.54, 1.807) is 0 Å². The minimum Gasteiger partial charge on any atom is -0.506 e. The van der Waals surface area contributed by atoms with E-state index in [1.165, 1.54) is 6.92 Å². The van der Waals surface area contributed by atoms with Crippen LogP contribution in [0.3, 0.4) is 0 Å². The van der Waals surface area contributed by atoms with Crippen LogP contribution in [0.5, 0.6) is 5.75 Å². The number of esters is 1. The van der Waals surface area contributed by atoms with Crippen LogP contribution < -0.4 is 0 Å². The van der Waals surface area contributed by atoms with Crippen LogP contribution in [0, 0.1) is 0 Å². The third kappa shape index (κ3) is 3.78. The summed E-state index contributed by atoms with van der Waals surface area (Å²) in [7, 11) is 0. The number of halogens is 5. The van der Waals surface area contributed by atoms with Crippen molar-refractivity contribution in [1.82, 2.24) is 4.98 Å². The fraction of sp³-hybridized carbons (Fsp3) is 0.455. The van der Waals surface area contributed by atoms with Crippen molar-refractivity contribution in [3.63, 3.8) is 0 Å². The van der Waals surface area contributed by atoms with Gasteiger partial charge in [0.05, 0.1) is 24.3 Å². The summed E-state index contributed by atoms with van der Waals surface area (Å²) in [5, 5.41) is 9.45. The Morgan fingerprint density at radius 2 is 2.05 bits per heavy atom. The van der Waals surface area contributed by atoms with E-state index in [9.17, 15) is 31.9 Å². The standard InChI is InChI=1S/C11H10F5NO3/c1-2-20-8(18)4-6-9(19)5(10(12)13)3-7(17-6)11(14,15)16/h3,10,19H,2,4H2,1H3. The molecule has 0 atom stereocenters. The number of pyridine rings is 1. The van der Waals surface area contributed by atoms with Crippen molar-refractivity contribution in [3.8, 4) is 5.75 Å². The van der Waals surface area contributed by atoms with Gasteiger partial charge in [-0.25, -0.2) is 13.8 Å². The number of alkyl halides is 5. The largest absolute Gasteiger partial charge is 0.506 e. The summed E-state index contributed by atoms with van der Waals surface area (Å²) in [6.07, 6.45) is -9.13. The Morgan fingerprint density at radius 1 is 1.45 bits per heavy atom. The van der Waals surface area contributed by atoms with Crippen LogP contribution in [0.4, 0.5) is 22.0 Å². The Bertz CT molecular complexity index is 502. The zero-order valence-corrected chi connectivity index (χ0v) is 10.2. The predicted molar refractivity (Wildman–Crippen MR) is 56.2 cm³/mol. The van der Waals surface area contributed by atoms with Crippen molar-refractivity contribution < 1.29 is 36.6 Å². The van der Waals surface area contributed by atoms with Gasteiger partial charge in [0.25, 0.3) is 6.43 Å². The maximum atomic E-state index is 12.6. The van der Waals surface area contributed by atoms with Crippen molar-refractivity contribution >= 4 is 5.97 Å². The molecule has 0 amide bonds. The number of hydrogen-bond donors (Lipinski definition) is 1. The molecule has 0 aliphatic heterocycles. The summed E-state index contributed by atoms with van der Waals surface area (Å²) in [4.78, 5) is 14.2. The number of carbonyl (C=O) groups excluding carboxylic acids is 1. The first-order valence-electron chi connectivity index (χ1n) is 5.40. The van der Waals surface area contributed by atoms with Crippen LogP contribution in [0.25, 0.3) is 0 Å². The molecule has 0 fully saturated rings. The maximum absolute atomic E-state index is 12.6. The van der Waals surface area contributed by atoms with Gasteiger partial charge in [-0.2, -0.15) is 13.2 Å². The Kier molecular flexibility index (Phi) is 4.85. The van der Waals surface area contributed by atoms with Gasteiger partial charge < -0.3 is 9.84 Å². The average Bonchev–Trinajstić information content (AvgIpc) is 2.30. The van der Waals surface area contributed by atoms with E-state index >= 15 is 0 Å². The molecular weight excluding hydrogens is 289 g/mol. The SMILES string of the molecule is CCOC(=O)Cc1nc(C(F)(F)F)cc(C(F)F)c1O. The van der Waals surface area contributed by atoms with Crippen molar-refractivity contribution in [3.05, 3.63) is 23.0 Å². The molecule has 1 aromatic rings. The van der Waals surface area contributed by atoms with E-state index in [1.807, 2.05) is 0 Å². The van der Waals surface area contributed by atoms with Gasteiger partial charge in [-0.15, -0.1) is 0 Å². The topological polar surface area (TPSA) is 59.4 Å². The Labute approximate surface area is 110 Å². The van der Waals surface area contributed by atoms with Gasteiger partial charge in [-0.05, 0) is 13.0 Å². The molecule has 1 N–H and O–H groups in total. The smallest absolute Gasteiger partial charge is 0.433 e. The summed E-state index contributed by atoms with van der Waals surface area (Å²) < 4.78 is 67.2. The van der Waals surface area contributed by atoms with E-state index < -0.39 is 47.7 Å². The van der Waals surface area contributed by atoms with Crippen molar-refractivity contribution in [1.29, 1.82) is 0 Å². The minimum atomic E-state index is -4.97. The summed E-state index contributed by atoms with van der Waals surface area (Å²) in [5.74, 6) is -2.11. The maximum Gasteiger partial charge on any atom is 0.433 e. The Balaban J connectivity index is 3.28. The highest BCUT2D eigenvalue weighted by atomic mass is 19.4. The van der Waals surface area contributed by atoms with Gasteiger partial charge in [-0.3, -0.25) is 4.79 Å². The van der Waals surface area contributed by atoms with E-state index in [0.717, 1.165) is 0 Å². The van der Waals surface area contributed by atoms with E-state index in [2.05, 4.69) is 9.72 Å². The van der Waals surface area contributed by atoms with Gasteiger partial charge in [0.15, 0.2) is 0 Å². The monoisotopic (exact) mass is 299 g/mol. The average molecular weight is 299 g/mol. The molecule has 0 aliphatic carbocycles. The number of aromatic nitrogens is 1. The molecule has 9 heteroatoms. The second kappa shape index (κ2) is 6.02. The predicted octanol–water partition coefficient (Wildman–Crippen LogP) is 2.85. The molecule has 1 heterocycles. The Morgan fingerprint density at radius 3 is 2.50 bits per heavy atom. The first kappa shape index (κ1) is 16.1. The van der Waals surface area contributed by atoms with Crippen LogP contribution >= 0.6 is 0 Å². The molecular formula is C11H10F5NO3. The zero-order chi connectivity index (χ0) is 15.5. The van der Waals surface area contributed by atoms with Gasteiger partial charge in [0.1, 0.15) is 11.4 Å². The van der Waals surface area contributed by atoms with Gasteiger partial charge >= 0.3 is 12.1 Å². The molecule has 0 saturated heterocycles. The second-order valence-electron chi connectivity index (χ2n) is 3.67. The first-order valence-corrected chi connectivity index (χ1v) is 5.40. The molecule has 1 aromatic heterocycles. The number of nitrogens with zero attached hydrogens (tertiary/aromatic N) is 1. The summed E-state index contributed by atoms with van der Waals surface area (Å²) in [5.41, 5.74) is -3.63. The lowest BCUT2D eigenvalue weighted by Crippen LogP contribution is -2.14. The van der Waals surface area contributed by atoms with Crippen molar-refractivity contribution in [2.24, 2.45) is 0 Å². The normalized spacial score (nSPS) is 11.8. The zero-order valence-electron chi connectivity index (χ0n) is 10.2. The molecule has 0 aliphatic rings. The number of carbonyl (C=O) groups is 1. The number of rotatable bonds is 4. The Hall–Kier alpha value is -1.93. The van der Waals surface area contributed by atoms with Crippen molar-refractivity contribution in [2.75, 3.05) is 6.61 Å². The molecule has 0 bridgehead atoms. The van der Waals surface area contributed by atoms with E-state index in [4.69, 9.17) is 0 Å². The van der Waals surface area contributed by atoms with E-state index in [-0.39, 0.29) is 12.7 Å². The molecule has 0 spiro atoms. The molecule has 4 nitrogen and oxygen atoms in total. The lowest BCUT2D eigenvalue weighted by Gasteiger charge is -2.13. The van der Waals surface area contributed by atoms with Crippen LogP contribution in [0.1, 0.15) is 30.3 Å². The molecule has 112 valence electrons. The van der Waals surface area contributed by atoms with Gasteiger partial charge in [0, 0.05) is 0 Å². The number of hydrogen-bond acceptors (Lipinski definition) is 4. The lowest BCUT2D eigenvalue weighted by atomic mass is 10.1. The third-order valence-electron chi connectivity index (χ3n) is 2.24. The second-order valence-corrected chi connectivity index (χ2v) is 3.67. The highest BCUT2D eigenvalue weighted by molar-refractivity contribution is 5.73. The third-order valence-corrected chi connectivity index (χ3v) is 2.24. The minimum absolute atomic E-state index is 0.0414. The molecule has 0 radical (unpaired) electrons. The molecule has 0 unspecified atom stereocenters. The summed E-state index contributed by atoms with van der Waals surface area (Å²) >= 11 is 0. The molecule has 0 aromatic carbocycles. The van der Waals surface area contributed by atoms with E-state index in [0.29, 0.717) is 0 Å². The lowest BCUT2D eigenvalue weighted by molar-refractivity contribution is -0.144. The highest BCUT2D eigenvalue weighted by Gasteiger charge is 2.35. The van der Waals surface area contributed by atoms with Crippen molar-refractivity contribution in [2.45, 2.75) is 25.9 Å². The first-order chi connectivity index (χ1) is 9.16. The van der Waals surface area contributed by atoms with Gasteiger partial charge in [0.2, 0.25) is 0 Å². The fourth-order valence-electron chi connectivity index (χ4n) is 1.40.